The van der Waals surface area contributed by atoms with Crippen molar-refractivity contribution in [3.63, 3.8) is 0 Å². The summed E-state index contributed by atoms with van der Waals surface area (Å²) in [5.74, 6) is 0.449. The lowest BCUT2D eigenvalue weighted by Gasteiger charge is -2.12. The van der Waals surface area contributed by atoms with E-state index >= 15 is 0 Å². The van der Waals surface area contributed by atoms with E-state index in [-0.39, 0.29) is 17.6 Å². The molecule has 0 unspecified atom stereocenters. The van der Waals surface area contributed by atoms with Crippen LogP contribution in [0.3, 0.4) is 0 Å². The molecular formula is C28H27N5O2S. The lowest BCUT2D eigenvalue weighted by Crippen LogP contribution is -2.25. The maximum Gasteiger partial charge on any atom is 0.253 e. The molecule has 0 bridgehead atoms. The van der Waals surface area contributed by atoms with Crippen LogP contribution in [0.15, 0.2) is 103 Å². The van der Waals surface area contributed by atoms with Crippen LogP contribution in [0, 0.1) is 0 Å². The smallest absolute Gasteiger partial charge is 0.253 e. The average Bonchev–Trinajstić information content (AvgIpc) is 3.28. The second-order valence-electron chi connectivity index (χ2n) is 8.01. The molecular weight excluding hydrogens is 470 g/mol. The minimum Gasteiger partial charge on any atom is -0.348 e. The summed E-state index contributed by atoms with van der Waals surface area (Å²) in [6.45, 7) is 4.78. The maximum absolute atomic E-state index is 12.8. The Morgan fingerprint density at radius 3 is 2.28 bits per heavy atom. The van der Waals surface area contributed by atoms with E-state index in [4.69, 9.17) is 0 Å². The first-order valence-corrected chi connectivity index (χ1v) is 12.5. The number of carbonyl (C=O) groups is 2. The third-order valence-electron chi connectivity index (χ3n) is 5.38. The van der Waals surface area contributed by atoms with Crippen LogP contribution in [-0.2, 0) is 24.3 Å². The van der Waals surface area contributed by atoms with E-state index in [1.54, 1.807) is 30.3 Å². The van der Waals surface area contributed by atoms with Gasteiger partial charge in [-0.1, -0.05) is 90.6 Å². The van der Waals surface area contributed by atoms with Gasteiger partial charge in [0.05, 0.1) is 17.0 Å². The molecule has 0 radical (unpaired) electrons. The number of rotatable bonds is 11. The Balaban J connectivity index is 1.38. The Kier molecular flexibility index (Phi) is 8.67. The number of nitrogens with one attached hydrogen (secondary N) is 2. The fourth-order valence-corrected chi connectivity index (χ4v) is 4.39. The van der Waals surface area contributed by atoms with Gasteiger partial charge in [-0.3, -0.25) is 9.59 Å². The molecule has 1 aromatic heterocycles. The third kappa shape index (κ3) is 6.70. The van der Waals surface area contributed by atoms with Crippen molar-refractivity contribution in [1.29, 1.82) is 0 Å². The first kappa shape index (κ1) is 24.9. The maximum atomic E-state index is 12.8. The van der Waals surface area contributed by atoms with Gasteiger partial charge in [-0.05, 0) is 23.3 Å². The van der Waals surface area contributed by atoms with Crippen molar-refractivity contribution in [2.24, 2.45) is 0 Å². The molecule has 0 atom stereocenters. The molecule has 4 rings (SSSR count). The number of thioether (sulfide) groups is 1. The Hall–Kier alpha value is -4.17. The van der Waals surface area contributed by atoms with Gasteiger partial charge in [-0.15, -0.1) is 16.8 Å². The lowest BCUT2D eigenvalue weighted by atomic mass is 10.1. The van der Waals surface area contributed by atoms with E-state index in [1.807, 2.05) is 65.2 Å². The highest BCUT2D eigenvalue weighted by Gasteiger charge is 2.16. The van der Waals surface area contributed by atoms with Gasteiger partial charge in [0.2, 0.25) is 5.91 Å². The third-order valence-corrected chi connectivity index (χ3v) is 6.35. The number of amides is 2. The van der Waals surface area contributed by atoms with Crippen LogP contribution < -0.4 is 10.6 Å². The number of hydrogen-bond acceptors (Lipinski definition) is 5. The molecule has 2 N–H and O–H groups in total. The van der Waals surface area contributed by atoms with Gasteiger partial charge in [-0.2, -0.15) is 0 Å². The number of allylic oxidation sites excluding steroid dienone is 1. The molecule has 0 aliphatic rings. The van der Waals surface area contributed by atoms with Gasteiger partial charge in [0.1, 0.15) is 5.82 Å². The Labute approximate surface area is 214 Å². The standard InChI is InChI=1S/C28H27N5O2S/c1-2-17-33-25(18-21-11-5-3-6-12-21)31-32-28(33)36-20-26(34)30-24-16-10-9-15-23(24)27(35)29-19-22-13-7-4-8-14-22/h2-16H,1,17-20H2,(H,29,35)(H,30,34). The summed E-state index contributed by atoms with van der Waals surface area (Å²) in [5.41, 5.74) is 3.00. The van der Waals surface area contributed by atoms with Crippen molar-refractivity contribution in [3.8, 4) is 0 Å². The van der Waals surface area contributed by atoms with Crippen LogP contribution in [0.2, 0.25) is 0 Å². The molecule has 0 fully saturated rings. The molecule has 1 heterocycles. The molecule has 182 valence electrons. The summed E-state index contributed by atoms with van der Waals surface area (Å²) in [6.07, 6.45) is 2.42. The minimum atomic E-state index is -0.251. The predicted octanol–water partition coefficient (Wildman–Crippen LogP) is 4.72. The monoisotopic (exact) mass is 497 g/mol. The number of benzene rings is 3. The molecule has 0 aliphatic carbocycles. The van der Waals surface area contributed by atoms with Crippen molar-refractivity contribution in [2.75, 3.05) is 11.1 Å². The van der Waals surface area contributed by atoms with E-state index < -0.39 is 0 Å². The van der Waals surface area contributed by atoms with Crippen molar-refractivity contribution >= 4 is 29.3 Å². The molecule has 0 saturated heterocycles. The van der Waals surface area contributed by atoms with E-state index in [1.165, 1.54) is 11.8 Å². The highest BCUT2D eigenvalue weighted by molar-refractivity contribution is 7.99. The largest absolute Gasteiger partial charge is 0.348 e. The lowest BCUT2D eigenvalue weighted by molar-refractivity contribution is -0.113. The highest BCUT2D eigenvalue weighted by Crippen LogP contribution is 2.21. The quantitative estimate of drug-likeness (QED) is 0.231. The normalized spacial score (nSPS) is 10.6. The van der Waals surface area contributed by atoms with Gasteiger partial charge in [-0.25, -0.2) is 0 Å². The van der Waals surface area contributed by atoms with Crippen LogP contribution in [0.5, 0.6) is 0 Å². The first-order chi connectivity index (χ1) is 17.6. The molecule has 2 amide bonds. The Bertz CT molecular complexity index is 1320. The van der Waals surface area contributed by atoms with Crippen LogP contribution in [0.25, 0.3) is 0 Å². The molecule has 0 spiro atoms. The number of carbonyl (C=O) groups excluding carboxylic acids is 2. The highest BCUT2D eigenvalue weighted by atomic mass is 32.2. The van der Waals surface area contributed by atoms with Gasteiger partial charge < -0.3 is 15.2 Å². The van der Waals surface area contributed by atoms with Gasteiger partial charge in [0.15, 0.2) is 5.16 Å². The fourth-order valence-electron chi connectivity index (χ4n) is 3.63. The number of nitrogens with zero attached hydrogens (tertiary/aromatic N) is 3. The van der Waals surface area contributed by atoms with Crippen LogP contribution >= 0.6 is 11.8 Å². The summed E-state index contributed by atoms with van der Waals surface area (Å²) in [7, 11) is 0. The molecule has 8 heteroatoms. The second-order valence-corrected chi connectivity index (χ2v) is 8.95. The van der Waals surface area contributed by atoms with Gasteiger partial charge in [0.25, 0.3) is 5.91 Å². The topological polar surface area (TPSA) is 88.9 Å². The molecule has 36 heavy (non-hydrogen) atoms. The summed E-state index contributed by atoms with van der Waals surface area (Å²) in [6, 6.07) is 26.7. The number of para-hydroxylation sites is 1. The average molecular weight is 498 g/mol. The molecule has 0 saturated carbocycles. The minimum absolute atomic E-state index is 0.126. The molecule has 7 nitrogen and oxygen atoms in total. The second kappa shape index (κ2) is 12.5. The summed E-state index contributed by atoms with van der Waals surface area (Å²) < 4.78 is 1.96. The van der Waals surface area contributed by atoms with Crippen molar-refractivity contribution in [1.82, 2.24) is 20.1 Å². The fraction of sp³-hybridized carbons (Fsp3) is 0.143. The van der Waals surface area contributed by atoms with Gasteiger partial charge >= 0.3 is 0 Å². The molecule has 3 aromatic carbocycles. The van der Waals surface area contributed by atoms with Crippen molar-refractivity contribution < 1.29 is 9.59 Å². The van der Waals surface area contributed by atoms with E-state index in [0.29, 0.717) is 35.9 Å². The summed E-state index contributed by atoms with van der Waals surface area (Å²) in [5, 5.41) is 15.0. The number of hydrogen-bond donors (Lipinski definition) is 2. The zero-order chi connectivity index (χ0) is 25.2. The van der Waals surface area contributed by atoms with Crippen LogP contribution in [-0.4, -0.2) is 32.3 Å². The van der Waals surface area contributed by atoms with E-state index in [9.17, 15) is 9.59 Å². The predicted molar refractivity (Wildman–Crippen MR) is 143 cm³/mol. The SMILES string of the molecule is C=CCn1c(Cc2ccccc2)nnc1SCC(=O)Nc1ccccc1C(=O)NCc1ccccc1. The number of anilines is 1. The summed E-state index contributed by atoms with van der Waals surface area (Å²) in [4.78, 5) is 25.5. The molecule has 4 aromatic rings. The van der Waals surface area contributed by atoms with E-state index in [2.05, 4.69) is 27.4 Å². The zero-order valence-electron chi connectivity index (χ0n) is 19.8. The van der Waals surface area contributed by atoms with E-state index in [0.717, 1.165) is 17.0 Å². The Morgan fingerprint density at radius 1 is 0.889 bits per heavy atom. The zero-order valence-corrected chi connectivity index (χ0v) is 20.6. The Morgan fingerprint density at radius 2 is 1.56 bits per heavy atom. The van der Waals surface area contributed by atoms with Crippen molar-refractivity contribution in [2.45, 2.75) is 24.7 Å². The molecule has 0 aliphatic heterocycles. The number of aromatic nitrogens is 3. The van der Waals surface area contributed by atoms with Crippen LogP contribution in [0.1, 0.15) is 27.3 Å². The summed E-state index contributed by atoms with van der Waals surface area (Å²) >= 11 is 1.30. The van der Waals surface area contributed by atoms with Crippen LogP contribution in [0.4, 0.5) is 5.69 Å². The van der Waals surface area contributed by atoms with Gasteiger partial charge in [0, 0.05) is 19.5 Å². The first-order valence-electron chi connectivity index (χ1n) is 11.5. The van der Waals surface area contributed by atoms with Crippen molar-refractivity contribution in [3.05, 3.63) is 120 Å².